The van der Waals surface area contributed by atoms with Gasteiger partial charge in [-0.1, -0.05) is 164 Å². The number of carbonyl (C=O) groups excluding carboxylic acids is 10. The number of rotatable bonds is 47. The lowest BCUT2D eigenvalue weighted by Crippen LogP contribution is -2.55. The van der Waals surface area contributed by atoms with E-state index in [0.29, 0.717) is 70.9 Å². The number of likely N-dealkylation sites (N-methyl/N-ethyl adjacent to an activating group) is 4. The van der Waals surface area contributed by atoms with Gasteiger partial charge >= 0.3 is 12.1 Å². The summed E-state index contributed by atoms with van der Waals surface area (Å²) in [4.78, 5) is 156. The largest absolute Gasteiger partial charge is 0.481 e. The standard InChI is InChI=1S/C43H71N5O9S.C36H65N3O9.C12H16N2O3S/c1-12-28(6)39(47(9)43(53)32(26(2)3)24-35(49)38(44-8)27(4)5)36(56-10)25-37(50)48-22-16-19-34(48)40(57-11)29(7)41(51)45-33(23-30-17-14-13-15-18-30)42(52)46-58(54,55)31-20-21-31;1-15-23(6)31(28(46-13)20-29(41)39-18-16-17-26(39)32(47-14)24(7)34(43)44)37(11)33(42)25(21(2)3)19-27(40)30(22(4)5)38(12)35(45)48-36(8,9)10;13-11(8-9-4-2-1-3-5-9)12(15)14-18(16,17)10-6-7-10/h13-15,17-18,26-29,31-34,36,38-40,44H,12,16,19-25H2,1-11H3,(H,45,51)(H,46,52);21-26,28,30-32H,15-20H2,1-14H3,(H,43,44);1-5,10-11H,6-8,13H2,(H,14,15)/t28-,29+,32-,33-,34-,36+,38-,39-,40+;23-,24+,25-,26-,28+,30-,31-,32+;11-/m000/s1. The number of hydrogen-bond acceptors (Lipinski definition) is 22. The molecule has 0 radical (unpaired) electrons. The SMILES string of the molecule is CC[C@H](C)[C@@H]([C@@H](CC(=O)N1CCC[C@H]1[C@H](OC)[C@@H](C)C(=O)N[C@@H](Cc1ccccc1)C(=O)NS(=O)(=O)C1CC1)OC)N(C)C(=O)[C@@H](CC(=O)[C@@H](NC)C(C)C)C(C)C.CC[C@H](C)[C@@H]([C@@H](CC(=O)N1CCC[C@H]1[C@H](OC)[C@@H](C)C(=O)O)OC)N(C)C(=O)[C@@H](CC(=O)[C@H](C(C)C)N(C)C(=O)OC(C)(C)C)C(C)C.N[C@@H](Cc1ccccc1)C(=O)NS(=O)(=O)C1CC1. The third-order valence-corrected chi connectivity index (χ3v) is 28.6. The van der Waals surface area contributed by atoms with Gasteiger partial charge in [-0.2, -0.15) is 0 Å². The lowest BCUT2D eigenvalue weighted by molar-refractivity contribution is -0.152. The molecule has 18 atom stereocenters. The number of aliphatic carboxylic acids is 1. The van der Waals surface area contributed by atoms with Crippen LogP contribution in [0.25, 0.3) is 0 Å². The van der Waals surface area contributed by atoms with Crippen LogP contribution in [0.15, 0.2) is 60.7 Å². The van der Waals surface area contributed by atoms with Crippen LogP contribution in [0.1, 0.15) is 219 Å². The second kappa shape index (κ2) is 50.3. The molecule has 0 spiro atoms. The van der Waals surface area contributed by atoms with E-state index in [9.17, 15) is 74.7 Å². The van der Waals surface area contributed by atoms with Crippen molar-refractivity contribution in [3.8, 4) is 0 Å². The second-order valence-electron chi connectivity index (χ2n) is 36.8. The first-order chi connectivity index (χ1) is 58.0. The molecule has 7 N–H and O–H groups in total. The maximum atomic E-state index is 14.3. The molecule has 0 aromatic heterocycles. The fraction of sp³-hybridized carbons (Fsp3) is 0.747. The van der Waals surface area contributed by atoms with E-state index in [1.807, 2.05) is 124 Å². The number of nitrogens with two attached hydrogens (primary N) is 1. The first kappa shape index (κ1) is 109. The smallest absolute Gasteiger partial charge is 0.410 e. The second-order valence-corrected chi connectivity index (χ2v) is 40.7. The van der Waals surface area contributed by atoms with Gasteiger partial charge in [-0.15, -0.1) is 0 Å². The Bertz CT molecular complexity index is 4010. The van der Waals surface area contributed by atoms with E-state index < -0.39 is 150 Å². The number of nitrogens with zero attached hydrogens (tertiary/aromatic N) is 5. The summed E-state index contributed by atoms with van der Waals surface area (Å²) in [7, 11) is 5.41. The van der Waals surface area contributed by atoms with Crippen LogP contribution < -0.4 is 25.8 Å². The number of carbonyl (C=O) groups is 11. The third kappa shape index (κ3) is 31.7. The first-order valence-corrected chi connectivity index (χ1v) is 47.4. The number of ketones is 2. The van der Waals surface area contributed by atoms with E-state index in [1.165, 1.54) is 26.2 Å². The van der Waals surface area contributed by atoms with Gasteiger partial charge in [-0.25, -0.2) is 21.6 Å². The number of benzene rings is 2. The lowest BCUT2D eigenvalue weighted by atomic mass is 9.83. The Labute approximate surface area is 739 Å². The van der Waals surface area contributed by atoms with E-state index in [0.717, 1.165) is 24.0 Å². The van der Waals surface area contributed by atoms with Gasteiger partial charge in [0.1, 0.15) is 11.6 Å². The first-order valence-electron chi connectivity index (χ1n) is 44.4. The lowest BCUT2D eigenvalue weighted by Gasteiger charge is -2.41. The molecule has 124 heavy (non-hydrogen) atoms. The zero-order valence-electron chi connectivity index (χ0n) is 78.6. The van der Waals surface area contributed by atoms with Crippen molar-refractivity contribution in [2.24, 2.45) is 64.9 Å². The molecule has 2 saturated heterocycles. The number of ether oxygens (including phenoxy) is 5. The molecular weight excluding hydrogens is 1630 g/mol. The van der Waals surface area contributed by atoms with Crippen LogP contribution in [-0.2, 0) is 105 Å². The van der Waals surface area contributed by atoms with Crippen molar-refractivity contribution in [2.45, 2.75) is 309 Å². The molecule has 4 fully saturated rings. The number of methoxy groups -OCH3 is 4. The van der Waals surface area contributed by atoms with Gasteiger partial charge in [0, 0.05) is 93.8 Å². The van der Waals surface area contributed by atoms with Crippen molar-refractivity contribution < 1.29 is 98.4 Å². The van der Waals surface area contributed by atoms with E-state index >= 15 is 0 Å². The Morgan fingerprint density at radius 2 is 0.911 bits per heavy atom. The van der Waals surface area contributed by atoms with Crippen LogP contribution in [0.2, 0.25) is 0 Å². The van der Waals surface area contributed by atoms with E-state index in [1.54, 1.807) is 114 Å². The highest BCUT2D eigenvalue weighted by Gasteiger charge is 2.48. The molecule has 4 aliphatic rings. The normalized spacial score (nSPS) is 19.5. The van der Waals surface area contributed by atoms with Crippen molar-refractivity contribution in [3.63, 3.8) is 0 Å². The van der Waals surface area contributed by atoms with Gasteiger partial charge < -0.3 is 69.7 Å². The van der Waals surface area contributed by atoms with Crippen LogP contribution in [-0.4, -0.2) is 270 Å². The molecular formula is C91H152N10O21S2. The molecule has 2 saturated carbocycles. The Balaban J connectivity index is 0.000000437. The molecule has 31 nitrogen and oxygen atoms in total. The zero-order chi connectivity index (χ0) is 93.9. The van der Waals surface area contributed by atoms with Gasteiger partial charge in [0.05, 0.1) is 102 Å². The summed E-state index contributed by atoms with van der Waals surface area (Å²) < 4.78 is 81.7. The highest BCUT2D eigenvalue weighted by molar-refractivity contribution is 7.91. The van der Waals surface area contributed by atoms with Crippen molar-refractivity contribution in [2.75, 3.05) is 69.7 Å². The molecule has 0 unspecified atom stereocenters. The minimum Gasteiger partial charge on any atom is -0.481 e. The summed E-state index contributed by atoms with van der Waals surface area (Å²) in [6.45, 7) is 32.9. The summed E-state index contributed by atoms with van der Waals surface area (Å²) in [6, 6.07) is 13.4. The van der Waals surface area contributed by atoms with E-state index in [-0.39, 0.29) is 115 Å². The molecule has 8 amide bonds. The third-order valence-electron chi connectivity index (χ3n) is 24.9. The number of carboxylic acids is 1. The van der Waals surface area contributed by atoms with Gasteiger partial charge in [-0.05, 0) is 139 Å². The Morgan fingerprint density at radius 3 is 1.26 bits per heavy atom. The number of likely N-dealkylation sites (tertiary alicyclic amines) is 2. The highest BCUT2D eigenvalue weighted by atomic mass is 32.2. The molecule has 0 bridgehead atoms. The van der Waals surface area contributed by atoms with Crippen molar-refractivity contribution in [1.29, 1.82) is 0 Å². The van der Waals surface area contributed by atoms with Crippen LogP contribution in [0.4, 0.5) is 4.79 Å². The Hall–Kier alpha value is -7.53. The molecule has 2 aliphatic carbocycles. The minimum absolute atomic E-state index is 0.00110. The zero-order valence-corrected chi connectivity index (χ0v) is 80.2. The van der Waals surface area contributed by atoms with Crippen LogP contribution in [0.3, 0.4) is 0 Å². The Morgan fingerprint density at radius 1 is 0.516 bits per heavy atom. The maximum Gasteiger partial charge on any atom is 0.410 e. The van der Waals surface area contributed by atoms with Crippen molar-refractivity contribution in [3.05, 3.63) is 71.8 Å². The molecule has 33 heteroatoms. The van der Waals surface area contributed by atoms with Crippen molar-refractivity contribution >= 4 is 85.0 Å². The van der Waals surface area contributed by atoms with Crippen LogP contribution >= 0.6 is 0 Å². The summed E-state index contributed by atoms with van der Waals surface area (Å²) in [5.74, 6) is -7.28. The summed E-state index contributed by atoms with van der Waals surface area (Å²) in [6.07, 6.45) is 3.39. The predicted octanol–water partition coefficient (Wildman–Crippen LogP) is 9.00. The number of amides is 8. The van der Waals surface area contributed by atoms with Gasteiger partial charge in [0.2, 0.25) is 49.6 Å². The fourth-order valence-corrected chi connectivity index (χ4v) is 19.7. The van der Waals surface area contributed by atoms with Gasteiger partial charge in [-0.3, -0.25) is 57.4 Å². The summed E-state index contributed by atoms with van der Waals surface area (Å²) in [5, 5.41) is 14.5. The maximum absolute atomic E-state index is 14.3. The Kier molecular flexibility index (Phi) is 44.1. The molecule has 704 valence electrons. The molecule has 2 aromatic rings. The molecule has 2 aromatic carbocycles. The summed E-state index contributed by atoms with van der Waals surface area (Å²) >= 11 is 0. The minimum atomic E-state index is -3.85. The van der Waals surface area contributed by atoms with E-state index in [4.69, 9.17) is 29.4 Å². The average Bonchev–Trinajstić information content (AvgIpc) is 1.28. The average molecular weight is 1790 g/mol. The monoisotopic (exact) mass is 1790 g/mol. The molecule has 2 heterocycles. The van der Waals surface area contributed by atoms with Gasteiger partial charge in [0.15, 0.2) is 11.6 Å². The fourth-order valence-electron chi connectivity index (χ4n) is 17.0. The summed E-state index contributed by atoms with van der Waals surface area (Å²) in [5.41, 5.74) is 6.63. The van der Waals surface area contributed by atoms with E-state index in [2.05, 4.69) is 15.4 Å². The van der Waals surface area contributed by atoms with Crippen LogP contribution in [0.5, 0.6) is 0 Å². The predicted molar refractivity (Wildman–Crippen MR) is 476 cm³/mol. The number of sulfonamides is 2. The number of nitrogens with one attached hydrogen (secondary N) is 4. The number of carboxylic acid groups (broad SMARTS) is 1. The number of Topliss-reactive ketones (excluding diaryl/α,β-unsaturated/α-hetero) is 2. The van der Waals surface area contributed by atoms with Crippen LogP contribution in [0, 0.1) is 59.2 Å². The number of hydrogen-bond donors (Lipinski definition) is 6. The topological polar surface area (TPSA) is 413 Å². The quantitative estimate of drug-likeness (QED) is 0.0360. The van der Waals surface area contributed by atoms with Crippen molar-refractivity contribution in [1.82, 2.24) is 44.6 Å². The molecule has 6 rings (SSSR count). The molecule has 2 aliphatic heterocycles. The highest BCUT2D eigenvalue weighted by Crippen LogP contribution is 2.36. The van der Waals surface area contributed by atoms with Gasteiger partial charge in [0.25, 0.3) is 11.8 Å².